The van der Waals surface area contributed by atoms with Gasteiger partial charge in [0.05, 0.1) is 11.1 Å². The molecule has 10 heteroatoms. The minimum absolute atomic E-state index is 0.0385. The number of H-pyrrole nitrogens is 1. The van der Waals surface area contributed by atoms with Crippen molar-refractivity contribution in [1.82, 2.24) is 14.9 Å². The average molecular weight is 321 g/mol. The fourth-order valence-electron chi connectivity index (χ4n) is 1.47. The smallest absolute Gasteiger partial charge is 0.406 e. The molecule has 0 saturated heterocycles. The Kier molecular flexibility index (Phi) is 4.19. The standard InChI is InChI=1S/C11H10F3N3O3S/c12-11(13,14)20-9-2-1-3-10(4-9)21(18,19)17-7-8-5-15-16-6-8/h1-6,17H,7H2,(H,15,16). The van der Waals surface area contributed by atoms with Crippen LogP contribution in [0.15, 0.2) is 41.6 Å². The van der Waals surface area contributed by atoms with Crippen LogP contribution in [0.4, 0.5) is 13.2 Å². The first-order chi connectivity index (χ1) is 9.76. The van der Waals surface area contributed by atoms with Crippen LogP contribution in [-0.2, 0) is 16.6 Å². The highest BCUT2D eigenvalue weighted by molar-refractivity contribution is 7.89. The van der Waals surface area contributed by atoms with E-state index >= 15 is 0 Å². The Morgan fingerprint density at radius 2 is 2.10 bits per heavy atom. The van der Waals surface area contributed by atoms with Crippen molar-refractivity contribution in [3.63, 3.8) is 0 Å². The maximum atomic E-state index is 12.1. The predicted octanol–water partition coefficient (Wildman–Crippen LogP) is 1.79. The van der Waals surface area contributed by atoms with Gasteiger partial charge in [0.15, 0.2) is 0 Å². The van der Waals surface area contributed by atoms with Gasteiger partial charge in [-0.1, -0.05) is 6.07 Å². The van der Waals surface area contributed by atoms with E-state index in [0.717, 1.165) is 18.2 Å². The molecule has 1 aromatic carbocycles. The van der Waals surface area contributed by atoms with Crippen LogP contribution in [0.5, 0.6) is 5.75 Å². The van der Waals surface area contributed by atoms with E-state index in [-0.39, 0.29) is 11.4 Å². The van der Waals surface area contributed by atoms with Gasteiger partial charge in [-0.15, -0.1) is 13.2 Å². The number of halogens is 3. The van der Waals surface area contributed by atoms with E-state index in [1.165, 1.54) is 18.5 Å². The van der Waals surface area contributed by atoms with Crippen molar-refractivity contribution >= 4 is 10.0 Å². The molecule has 2 N–H and O–H groups in total. The molecule has 2 aromatic rings. The van der Waals surface area contributed by atoms with Crippen molar-refractivity contribution in [2.24, 2.45) is 0 Å². The maximum absolute atomic E-state index is 12.1. The lowest BCUT2D eigenvalue weighted by Crippen LogP contribution is -2.23. The first kappa shape index (κ1) is 15.3. The van der Waals surface area contributed by atoms with Crippen LogP contribution in [0.3, 0.4) is 0 Å². The minimum Gasteiger partial charge on any atom is -0.406 e. The van der Waals surface area contributed by atoms with Crippen LogP contribution in [-0.4, -0.2) is 25.0 Å². The number of hydrogen-bond acceptors (Lipinski definition) is 4. The molecule has 1 aromatic heterocycles. The fraction of sp³-hybridized carbons (Fsp3) is 0.182. The second kappa shape index (κ2) is 5.74. The molecule has 0 radical (unpaired) electrons. The average Bonchev–Trinajstić information content (AvgIpc) is 2.88. The summed E-state index contributed by atoms with van der Waals surface area (Å²) in [6, 6.07) is 4.14. The maximum Gasteiger partial charge on any atom is 0.573 e. The van der Waals surface area contributed by atoms with Gasteiger partial charge in [-0.2, -0.15) is 5.10 Å². The number of nitrogens with zero attached hydrogens (tertiary/aromatic N) is 1. The van der Waals surface area contributed by atoms with Crippen molar-refractivity contribution in [2.75, 3.05) is 0 Å². The first-order valence-corrected chi connectivity index (χ1v) is 7.08. The zero-order chi connectivity index (χ0) is 15.5. The van der Waals surface area contributed by atoms with Crippen LogP contribution in [0.25, 0.3) is 0 Å². The van der Waals surface area contributed by atoms with Crippen LogP contribution in [0.2, 0.25) is 0 Å². The highest BCUT2D eigenvalue weighted by atomic mass is 32.2. The third-order valence-electron chi connectivity index (χ3n) is 2.37. The summed E-state index contributed by atoms with van der Waals surface area (Å²) in [4.78, 5) is -0.326. The lowest BCUT2D eigenvalue weighted by molar-refractivity contribution is -0.274. The number of alkyl halides is 3. The molecule has 0 aliphatic rings. The van der Waals surface area contributed by atoms with Gasteiger partial charge in [0.1, 0.15) is 5.75 Å². The lowest BCUT2D eigenvalue weighted by atomic mass is 10.3. The molecule has 0 fully saturated rings. The number of aromatic nitrogens is 2. The Morgan fingerprint density at radius 3 is 2.71 bits per heavy atom. The molecule has 0 amide bonds. The van der Waals surface area contributed by atoms with Crippen LogP contribution >= 0.6 is 0 Å². The fourth-order valence-corrected chi connectivity index (χ4v) is 2.53. The van der Waals surface area contributed by atoms with Crippen LogP contribution in [0.1, 0.15) is 5.56 Å². The van der Waals surface area contributed by atoms with Crippen LogP contribution < -0.4 is 9.46 Å². The molecular weight excluding hydrogens is 311 g/mol. The summed E-state index contributed by atoms with van der Waals surface area (Å²) in [5.41, 5.74) is 0.585. The molecule has 6 nitrogen and oxygen atoms in total. The zero-order valence-electron chi connectivity index (χ0n) is 10.4. The number of rotatable bonds is 5. The predicted molar refractivity (Wildman–Crippen MR) is 65.7 cm³/mol. The van der Waals surface area contributed by atoms with Gasteiger partial charge in [-0.3, -0.25) is 5.10 Å². The third kappa shape index (κ3) is 4.46. The Balaban J connectivity index is 2.14. The normalized spacial score (nSPS) is 12.3. The lowest BCUT2D eigenvalue weighted by Gasteiger charge is -2.10. The third-order valence-corrected chi connectivity index (χ3v) is 3.77. The van der Waals surface area contributed by atoms with E-state index in [9.17, 15) is 21.6 Å². The van der Waals surface area contributed by atoms with E-state index in [2.05, 4.69) is 19.7 Å². The molecule has 1 heterocycles. The molecule has 0 aliphatic carbocycles. The molecule has 114 valence electrons. The Labute approximate surface area is 118 Å². The zero-order valence-corrected chi connectivity index (χ0v) is 11.2. The molecule has 0 bridgehead atoms. The van der Waals surface area contributed by atoms with Crippen molar-refractivity contribution < 1.29 is 26.3 Å². The summed E-state index contributed by atoms with van der Waals surface area (Å²) in [6.45, 7) is -0.0385. The molecular formula is C11H10F3N3O3S. The van der Waals surface area contributed by atoms with Gasteiger partial charge >= 0.3 is 6.36 Å². The van der Waals surface area contributed by atoms with E-state index < -0.39 is 22.1 Å². The van der Waals surface area contributed by atoms with Crippen molar-refractivity contribution in [3.8, 4) is 5.75 Å². The molecule has 21 heavy (non-hydrogen) atoms. The molecule has 2 rings (SSSR count). The largest absolute Gasteiger partial charge is 0.573 e. The van der Waals surface area contributed by atoms with Gasteiger partial charge in [0.2, 0.25) is 10.0 Å². The van der Waals surface area contributed by atoms with Gasteiger partial charge in [0.25, 0.3) is 0 Å². The SMILES string of the molecule is O=S(=O)(NCc1cn[nH]c1)c1cccc(OC(F)(F)F)c1. The van der Waals surface area contributed by atoms with Gasteiger partial charge in [-0.25, -0.2) is 13.1 Å². The minimum atomic E-state index is -4.88. The second-order valence-electron chi connectivity index (χ2n) is 3.95. The topological polar surface area (TPSA) is 84.1 Å². The summed E-state index contributed by atoms with van der Waals surface area (Å²) in [5, 5.41) is 6.16. The molecule has 0 spiro atoms. The number of benzene rings is 1. The number of aromatic amines is 1. The Morgan fingerprint density at radius 1 is 1.33 bits per heavy atom. The van der Waals surface area contributed by atoms with E-state index in [4.69, 9.17) is 0 Å². The first-order valence-electron chi connectivity index (χ1n) is 5.59. The summed E-state index contributed by atoms with van der Waals surface area (Å²) in [6.07, 6.45) is -1.97. The van der Waals surface area contributed by atoms with E-state index in [1.807, 2.05) is 0 Å². The summed E-state index contributed by atoms with van der Waals surface area (Å²) >= 11 is 0. The summed E-state index contributed by atoms with van der Waals surface area (Å²) in [7, 11) is -3.95. The van der Waals surface area contributed by atoms with E-state index in [0.29, 0.717) is 5.56 Å². The quantitative estimate of drug-likeness (QED) is 0.879. The molecule has 0 atom stereocenters. The van der Waals surface area contributed by atoms with Gasteiger partial charge < -0.3 is 4.74 Å². The van der Waals surface area contributed by atoms with Crippen molar-refractivity contribution in [1.29, 1.82) is 0 Å². The second-order valence-corrected chi connectivity index (χ2v) is 5.72. The number of sulfonamides is 1. The summed E-state index contributed by atoms with van der Waals surface area (Å²) < 4.78 is 66.2. The number of nitrogens with one attached hydrogen (secondary N) is 2. The highest BCUT2D eigenvalue weighted by Crippen LogP contribution is 2.24. The molecule has 0 saturated carbocycles. The molecule has 0 unspecified atom stereocenters. The Hall–Kier alpha value is -2.07. The van der Waals surface area contributed by atoms with E-state index in [1.54, 1.807) is 0 Å². The number of hydrogen-bond donors (Lipinski definition) is 2. The van der Waals surface area contributed by atoms with Gasteiger partial charge in [0, 0.05) is 24.4 Å². The van der Waals surface area contributed by atoms with Crippen molar-refractivity contribution in [2.45, 2.75) is 17.8 Å². The monoisotopic (exact) mass is 321 g/mol. The van der Waals surface area contributed by atoms with Crippen LogP contribution in [0, 0.1) is 0 Å². The van der Waals surface area contributed by atoms with Crippen molar-refractivity contribution in [3.05, 3.63) is 42.2 Å². The van der Waals surface area contributed by atoms with Gasteiger partial charge in [-0.05, 0) is 12.1 Å². The molecule has 0 aliphatic heterocycles. The number of ether oxygens (including phenoxy) is 1. The summed E-state index contributed by atoms with van der Waals surface area (Å²) in [5.74, 6) is -0.603. The highest BCUT2D eigenvalue weighted by Gasteiger charge is 2.31. The Bertz CT molecular complexity index is 699.